The molecule has 0 amide bonds. The van der Waals surface area contributed by atoms with Crippen molar-refractivity contribution in [3.8, 4) is 5.75 Å². The standard InChI is InChI=1S/C15H23IO/c1-4-6-9-12-10-7-11-13(15(12)17-3)14(16)8-5-2/h7,10-11,14H,4-6,8-9H2,1-3H3. The second kappa shape index (κ2) is 7.96. The van der Waals surface area contributed by atoms with E-state index >= 15 is 0 Å². The van der Waals surface area contributed by atoms with Gasteiger partial charge in [0.2, 0.25) is 0 Å². The highest BCUT2D eigenvalue weighted by molar-refractivity contribution is 14.1. The van der Waals surface area contributed by atoms with E-state index < -0.39 is 0 Å². The fraction of sp³-hybridized carbons (Fsp3) is 0.600. The summed E-state index contributed by atoms with van der Waals surface area (Å²) < 4.78 is 6.20. The highest BCUT2D eigenvalue weighted by Crippen LogP contribution is 2.37. The molecule has 0 bridgehead atoms. The van der Waals surface area contributed by atoms with Crippen LogP contribution >= 0.6 is 22.6 Å². The number of hydrogen-bond donors (Lipinski definition) is 0. The van der Waals surface area contributed by atoms with Crippen molar-refractivity contribution >= 4 is 22.6 Å². The fourth-order valence-corrected chi connectivity index (χ4v) is 3.19. The summed E-state index contributed by atoms with van der Waals surface area (Å²) in [6, 6.07) is 6.58. The monoisotopic (exact) mass is 346 g/mol. The maximum atomic E-state index is 5.64. The van der Waals surface area contributed by atoms with Gasteiger partial charge in [0, 0.05) is 9.49 Å². The minimum absolute atomic E-state index is 0.564. The van der Waals surface area contributed by atoms with E-state index in [1.807, 2.05) is 0 Å². The lowest BCUT2D eigenvalue weighted by Gasteiger charge is -2.17. The highest BCUT2D eigenvalue weighted by Gasteiger charge is 2.14. The van der Waals surface area contributed by atoms with Crippen LogP contribution in [0.25, 0.3) is 0 Å². The van der Waals surface area contributed by atoms with Crippen molar-refractivity contribution < 1.29 is 4.74 Å². The number of alkyl halides is 1. The van der Waals surface area contributed by atoms with Crippen molar-refractivity contribution in [1.82, 2.24) is 0 Å². The molecule has 1 aromatic rings. The molecular formula is C15H23IO. The van der Waals surface area contributed by atoms with Crippen molar-refractivity contribution in [3.05, 3.63) is 29.3 Å². The van der Waals surface area contributed by atoms with Gasteiger partial charge in [-0.25, -0.2) is 0 Å². The molecule has 0 heterocycles. The zero-order valence-corrected chi connectivity index (χ0v) is 13.3. The van der Waals surface area contributed by atoms with Crippen molar-refractivity contribution in [1.29, 1.82) is 0 Å². The van der Waals surface area contributed by atoms with Crippen LogP contribution in [0.2, 0.25) is 0 Å². The summed E-state index contributed by atoms with van der Waals surface area (Å²) in [6.07, 6.45) is 6.03. The first-order valence-corrected chi connectivity index (χ1v) is 7.78. The zero-order valence-electron chi connectivity index (χ0n) is 11.1. The lowest BCUT2D eigenvalue weighted by molar-refractivity contribution is 0.403. The number of hydrogen-bond acceptors (Lipinski definition) is 1. The van der Waals surface area contributed by atoms with E-state index in [9.17, 15) is 0 Å². The molecule has 1 rings (SSSR count). The van der Waals surface area contributed by atoms with Crippen LogP contribution in [0.15, 0.2) is 18.2 Å². The van der Waals surface area contributed by atoms with E-state index in [0.717, 1.165) is 12.2 Å². The van der Waals surface area contributed by atoms with Crippen molar-refractivity contribution in [2.24, 2.45) is 0 Å². The Bertz CT molecular complexity index is 336. The Hall–Kier alpha value is -0.250. The number of halogens is 1. The Labute approximate surface area is 119 Å². The molecule has 0 N–H and O–H groups in total. The molecule has 2 heteroatoms. The summed E-state index contributed by atoms with van der Waals surface area (Å²) in [5.74, 6) is 1.12. The molecule has 17 heavy (non-hydrogen) atoms. The first kappa shape index (κ1) is 14.8. The van der Waals surface area contributed by atoms with Gasteiger partial charge >= 0.3 is 0 Å². The van der Waals surface area contributed by atoms with Crippen molar-refractivity contribution in [2.45, 2.75) is 49.9 Å². The Morgan fingerprint density at radius 3 is 2.59 bits per heavy atom. The zero-order chi connectivity index (χ0) is 12.7. The predicted molar refractivity (Wildman–Crippen MR) is 83.3 cm³/mol. The molecular weight excluding hydrogens is 323 g/mol. The molecule has 0 saturated carbocycles. The lowest BCUT2D eigenvalue weighted by atomic mass is 10.0. The number of methoxy groups -OCH3 is 1. The molecule has 0 radical (unpaired) electrons. The average molecular weight is 346 g/mol. The molecule has 0 aromatic heterocycles. The number of para-hydroxylation sites is 1. The molecule has 1 atom stereocenters. The Morgan fingerprint density at radius 2 is 2.00 bits per heavy atom. The van der Waals surface area contributed by atoms with Crippen LogP contribution in [-0.2, 0) is 6.42 Å². The number of unbranched alkanes of at least 4 members (excludes halogenated alkanes) is 1. The maximum Gasteiger partial charge on any atom is 0.126 e. The van der Waals surface area contributed by atoms with Gasteiger partial charge in [-0.2, -0.15) is 0 Å². The largest absolute Gasteiger partial charge is 0.496 e. The summed E-state index contributed by atoms with van der Waals surface area (Å²) >= 11 is 2.53. The van der Waals surface area contributed by atoms with E-state index in [1.165, 1.54) is 36.8 Å². The topological polar surface area (TPSA) is 9.23 Å². The van der Waals surface area contributed by atoms with Crippen LogP contribution in [-0.4, -0.2) is 7.11 Å². The van der Waals surface area contributed by atoms with Crippen LogP contribution in [0, 0.1) is 0 Å². The van der Waals surface area contributed by atoms with Crippen molar-refractivity contribution in [3.63, 3.8) is 0 Å². The maximum absolute atomic E-state index is 5.64. The number of aryl methyl sites for hydroxylation is 1. The van der Waals surface area contributed by atoms with E-state index in [1.54, 1.807) is 7.11 Å². The minimum atomic E-state index is 0.564. The number of benzene rings is 1. The van der Waals surface area contributed by atoms with Gasteiger partial charge in [-0.15, -0.1) is 0 Å². The van der Waals surface area contributed by atoms with E-state index in [-0.39, 0.29) is 0 Å². The van der Waals surface area contributed by atoms with E-state index in [4.69, 9.17) is 4.74 Å². The Balaban J connectivity index is 2.96. The first-order valence-electron chi connectivity index (χ1n) is 6.54. The molecule has 0 aliphatic carbocycles. The summed E-state index contributed by atoms with van der Waals surface area (Å²) in [4.78, 5) is 0. The van der Waals surface area contributed by atoms with E-state index in [0.29, 0.717) is 3.92 Å². The summed E-state index contributed by atoms with van der Waals surface area (Å²) in [5, 5.41) is 0. The van der Waals surface area contributed by atoms with Crippen LogP contribution < -0.4 is 4.74 Å². The summed E-state index contributed by atoms with van der Waals surface area (Å²) in [6.45, 7) is 4.47. The average Bonchev–Trinajstić information content (AvgIpc) is 2.36. The molecule has 0 saturated heterocycles. The van der Waals surface area contributed by atoms with Gasteiger partial charge in [0.05, 0.1) is 7.11 Å². The molecule has 0 aliphatic heterocycles. The normalized spacial score (nSPS) is 12.5. The molecule has 0 aliphatic rings. The molecule has 1 unspecified atom stereocenters. The smallest absolute Gasteiger partial charge is 0.126 e. The van der Waals surface area contributed by atoms with Gasteiger partial charge in [-0.1, -0.05) is 67.5 Å². The van der Waals surface area contributed by atoms with Crippen molar-refractivity contribution in [2.75, 3.05) is 7.11 Å². The van der Waals surface area contributed by atoms with Gasteiger partial charge in [-0.05, 0) is 24.8 Å². The molecule has 0 fully saturated rings. The second-order valence-electron chi connectivity index (χ2n) is 4.40. The molecule has 1 nitrogen and oxygen atoms in total. The van der Waals surface area contributed by atoms with Crippen LogP contribution in [0.1, 0.15) is 54.6 Å². The quantitative estimate of drug-likeness (QED) is 0.480. The fourth-order valence-electron chi connectivity index (χ4n) is 2.07. The minimum Gasteiger partial charge on any atom is -0.496 e. The third kappa shape index (κ3) is 4.16. The highest BCUT2D eigenvalue weighted by atomic mass is 127. The van der Waals surface area contributed by atoms with Crippen LogP contribution in [0.5, 0.6) is 5.75 Å². The van der Waals surface area contributed by atoms with Gasteiger partial charge in [-0.3, -0.25) is 0 Å². The number of rotatable bonds is 7. The molecule has 96 valence electrons. The second-order valence-corrected chi connectivity index (χ2v) is 5.90. The van der Waals surface area contributed by atoms with Crippen LogP contribution in [0.4, 0.5) is 0 Å². The van der Waals surface area contributed by atoms with Gasteiger partial charge in [0.15, 0.2) is 0 Å². The molecule has 0 spiro atoms. The summed E-state index contributed by atoms with van der Waals surface area (Å²) in [5.41, 5.74) is 2.73. The Morgan fingerprint density at radius 1 is 1.24 bits per heavy atom. The predicted octanol–water partition coefficient (Wildman–Crippen LogP) is 5.31. The Kier molecular flexibility index (Phi) is 6.93. The lowest BCUT2D eigenvalue weighted by Crippen LogP contribution is -1.99. The first-order chi connectivity index (χ1) is 8.24. The molecule has 1 aromatic carbocycles. The van der Waals surface area contributed by atoms with Gasteiger partial charge in [0.1, 0.15) is 5.75 Å². The van der Waals surface area contributed by atoms with Crippen LogP contribution in [0.3, 0.4) is 0 Å². The third-order valence-electron chi connectivity index (χ3n) is 3.01. The van der Waals surface area contributed by atoms with Gasteiger partial charge < -0.3 is 4.74 Å². The van der Waals surface area contributed by atoms with E-state index in [2.05, 4.69) is 54.6 Å². The number of ether oxygens (including phenoxy) is 1. The third-order valence-corrected chi connectivity index (χ3v) is 4.30. The van der Waals surface area contributed by atoms with Gasteiger partial charge in [0.25, 0.3) is 0 Å². The summed E-state index contributed by atoms with van der Waals surface area (Å²) in [7, 11) is 1.80. The SMILES string of the molecule is CCCCc1cccc(C(I)CCC)c1OC.